The first kappa shape index (κ1) is 12.8. The Kier molecular flexibility index (Phi) is 3.74. The van der Waals surface area contributed by atoms with Crippen LogP contribution < -0.4 is 19.9 Å². The molecular formula is C16H17NO3. The van der Waals surface area contributed by atoms with Crippen LogP contribution in [0.4, 0.5) is 0 Å². The molecular weight excluding hydrogens is 254 g/mol. The predicted molar refractivity (Wildman–Crippen MR) is 76.8 cm³/mol. The van der Waals surface area contributed by atoms with Crippen LogP contribution in [0.3, 0.4) is 0 Å². The summed E-state index contributed by atoms with van der Waals surface area (Å²) in [4.78, 5) is 0. The molecule has 1 heterocycles. The average molecular weight is 271 g/mol. The summed E-state index contributed by atoms with van der Waals surface area (Å²) in [5.41, 5.74) is 6.83. The molecule has 0 bridgehead atoms. The fourth-order valence-corrected chi connectivity index (χ4v) is 2.09. The molecule has 0 spiro atoms. The molecule has 20 heavy (non-hydrogen) atoms. The van der Waals surface area contributed by atoms with Gasteiger partial charge in [-0.3, -0.25) is 0 Å². The van der Waals surface area contributed by atoms with E-state index in [0.29, 0.717) is 30.4 Å². The van der Waals surface area contributed by atoms with Gasteiger partial charge in [-0.25, -0.2) is 0 Å². The van der Waals surface area contributed by atoms with Crippen LogP contribution >= 0.6 is 0 Å². The summed E-state index contributed by atoms with van der Waals surface area (Å²) in [6, 6.07) is 5.55. The van der Waals surface area contributed by atoms with E-state index in [1.807, 2.05) is 18.2 Å². The molecule has 0 atom stereocenters. The Morgan fingerprint density at radius 3 is 3.00 bits per heavy atom. The number of benzene rings is 1. The first-order chi connectivity index (χ1) is 9.85. The van der Waals surface area contributed by atoms with Crippen molar-refractivity contribution in [2.75, 3.05) is 13.2 Å². The number of hydrogen-bond donors (Lipinski definition) is 1. The highest BCUT2D eigenvalue weighted by atomic mass is 16.6. The largest absolute Gasteiger partial charge is 0.489 e. The molecule has 0 unspecified atom stereocenters. The molecule has 0 amide bonds. The first-order valence-corrected chi connectivity index (χ1v) is 6.70. The van der Waals surface area contributed by atoms with Crippen LogP contribution in [0, 0.1) is 0 Å². The van der Waals surface area contributed by atoms with E-state index in [1.165, 1.54) is 11.8 Å². The Morgan fingerprint density at radius 1 is 1.25 bits per heavy atom. The van der Waals surface area contributed by atoms with Crippen molar-refractivity contribution in [1.29, 1.82) is 0 Å². The highest BCUT2D eigenvalue weighted by molar-refractivity contribution is 5.48. The molecule has 1 aliphatic heterocycles. The van der Waals surface area contributed by atoms with E-state index in [-0.39, 0.29) is 0 Å². The van der Waals surface area contributed by atoms with Gasteiger partial charge in [0.1, 0.15) is 18.6 Å². The SMILES string of the molecule is NCC1=COc2ccc(OCC3=CC=CCC3)cc2O1. The maximum absolute atomic E-state index is 5.79. The van der Waals surface area contributed by atoms with Crippen molar-refractivity contribution in [3.05, 3.63) is 54.0 Å². The van der Waals surface area contributed by atoms with Crippen molar-refractivity contribution in [3.63, 3.8) is 0 Å². The van der Waals surface area contributed by atoms with Crippen LogP contribution in [0.15, 0.2) is 54.0 Å². The molecule has 1 aliphatic carbocycles. The van der Waals surface area contributed by atoms with Gasteiger partial charge in [0, 0.05) is 6.07 Å². The topological polar surface area (TPSA) is 53.7 Å². The zero-order valence-corrected chi connectivity index (χ0v) is 11.2. The summed E-state index contributed by atoms with van der Waals surface area (Å²) in [6.45, 7) is 0.910. The molecule has 0 radical (unpaired) electrons. The van der Waals surface area contributed by atoms with Crippen LogP contribution in [0.2, 0.25) is 0 Å². The van der Waals surface area contributed by atoms with Crippen LogP contribution in [0.5, 0.6) is 17.2 Å². The van der Waals surface area contributed by atoms with E-state index in [9.17, 15) is 0 Å². The predicted octanol–water partition coefficient (Wildman–Crippen LogP) is 2.91. The van der Waals surface area contributed by atoms with Gasteiger partial charge in [0.05, 0.1) is 6.54 Å². The number of hydrogen-bond acceptors (Lipinski definition) is 4. The Morgan fingerprint density at radius 2 is 2.20 bits per heavy atom. The van der Waals surface area contributed by atoms with Gasteiger partial charge in [0.25, 0.3) is 0 Å². The molecule has 1 aromatic carbocycles. The third-order valence-electron chi connectivity index (χ3n) is 3.20. The molecule has 0 fully saturated rings. The summed E-state index contributed by atoms with van der Waals surface area (Å²) in [6.07, 6.45) is 10.0. The van der Waals surface area contributed by atoms with Gasteiger partial charge in [-0.05, 0) is 30.5 Å². The quantitative estimate of drug-likeness (QED) is 0.914. The zero-order chi connectivity index (χ0) is 13.8. The Balaban J connectivity index is 1.67. The van der Waals surface area contributed by atoms with Gasteiger partial charge in [-0.15, -0.1) is 0 Å². The molecule has 3 rings (SSSR count). The van der Waals surface area contributed by atoms with Crippen molar-refractivity contribution < 1.29 is 14.2 Å². The van der Waals surface area contributed by atoms with Gasteiger partial charge in [0.2, 0.25) is 0 Å². The maximum Gasteiger partial charge on any atom is 0.173 e. The lowest BCUT2D eigenvalue weighted by atomic mass is 10.1. The normalized spacial score (nSPS) is 16.4. The first-order valence-electron chi connectivity index (χ1n) is 6.70. The van der Waals surface area contributed by atoms with Crippen LogP contribution in [0.1, 0.15) is 12.8 Å². The second-order valence-corrected chi connectivity index (χ2v) is 4.70. The third kappa shape index (κ3) is 2.86. The maximum atomic E-state index is 5.79. The standard InChI is InChI=1S/C16H17NO3/c17-9-14-11-19-15-7-6-13(8-16(15)20-14)18-10-12-4-2-1-3-5-12/h1-2,4,6-8,11H,3,5,9-10,17H2. The molecule has 0 aromatic heterocycles. The summed E-state index contributed by atoms with van der Waals surface area (Å²) in [5.74, 6) is 2.69. The smallest absolute Gasteiger partial charge is 0.173 e. The van der Waals surface area contributed by atoms with E-state index in [0.717, 1.165) is 18.6 Å². The van der Waals surface area contributed by atoms with E-state index in [2.05, 4.69) is 18.2 Å². The fourth-order valence-electron chi connectivity index (χ4n) is 2.09. The Bertz CT molecular complexity index is 587. The minimum absolute atomic E-state index is 0.309. The molecule has 4 nitrogen and oxygen atoms in total. The molecule has 2 aliphatic rings. The van der Waals surface area contributed by atoms with Gasteiger partial charge in [-0.1, -0.05) is 18.2 Å². The van der Waals surface area contributed by atoms with E-state index < -0.39 is 0 Å². The molecule has 104 valence electrons. The molecule has 2 N–H and O–H groups in total. The lowest BCUT2D eigenvalue weighted by Crippen LogP contribution is -2.13. The molecule has 0 saturated carbocycles. The van der Waals surface area contributed by atoms with E-state index >= 15 is 0 Å². The summed E-state index contributed by atoms with van der Waals surface area (Å²) in [7, 11) is 0. The lowest BCUT2D eigenvalue weighted by Gasteiger charge is -2.18. The zero-order valence-electron chi connectivity index (χ0n) is 11.2. The van der Waals surface area contributed by atoms with Crippen molar-refractivity contribution in [1.82, 2.24) is 0 Å². The summed E-state index contributed by atoms with van der Waals surface area (Å²) < 4.78 is 16.8. The number of nitrogens with two attached hydrogens (primary N) is 1. The van der Waals surface area contributed by atoms with E-state index in [1.54, 1.807) is 0 Å². The minimum atomic E-state index is 0.309. The highest BCUT2D eigenvalue weighted by Gasteiger charge is 2.14. The molecule has 0 saturated heterocycles. The van der Waals surface area contributed by atoms with Crippen molar-refractivity contribution in [2.45, 2.75) is 12.8 Å². The summed E-state index contributed by atoms with van der Waals surface area (Å²) in [5, 5.41) is 0. The van der Waals surface area contributed by atoms with Crippen molar-refractivity contribution >= 4 is 0 Å². The van der Waals surface area contributed by atoms with Crippen molar-refractivity contribution in [3.8, 4) is 17.2 Å². The van der Waals surface area contributed by atoms with Crippen LogP contribution in [0.25, 0.3) is 0 Å². The monoisotopic (exact) mass is 271 g/mol. The number of allylic oxidation sites excluding steroid dienone is 3. The molecule has 4 heteroatoms. The summed E-state index contributed by atoms with van der Waals surface area (Å²) >= 11 is 0. The highest BCUT2D eigenvalue weighted by Crippen LogP contribution is 2.35. The van der Waals surface area contributed by atoms with E-state index in [4.69, 9.17) is 19.9 Å². The Hall–Kier alpha value is -2.20. The van der Waals surface area contributed by atoms with Gasteiger partial charge >= 0.3 is 0 Å². The lowest BCUT2D eigenvalue weighted by molar-refractivity contribution is 0.312. The second-order valence-electron chi connectivity index (χ2n) is 4.70. The van der Waals surface area contributed by atoms with Gasteiger partial charge in [0.15, 0.2) is 17.3 Å². The number of ether oxygens (including phenoxy) is 3. The Labute approximate surface area is 118 Å². The third-order valence-corrected chi connectivity index (χ3v) is 3.20. The van der Waals surface area contributed by atoms with Gasteiger partial charge in [-0.2, -0.15) is 0 Å². The average Bonchev–Trinajstić information content (AvgIpc) is 2.53. The molecule has 1 aromatic rings. The fraction of sp³-hybridized carbons (Fsp3) is 0.250. The number of fused-ring (bicyclic) bond motifs is 1. The number of rotatable bonds is 4. The van der Waals surface area contributed by atoms with Crippen LogP contribution in [-0.4, -0.2) is 13.2 Å². The second kappa shape index (κ2) is 5.84. The van der Waals surface area contributed by atoms with Crippen molar-refractivity contribution in [2.24, 2.45) is 5.73 Å². The minimum Gasteiger partial charge on any atom is -0.489 e. The van der Waals surface area contributed by atoms with Crippen LogP contribution in [-0.2, 0) is 0 Å². The van der Waals surface area contributed by atoms with Gasteiger partial charge < -0.3 is 19.9 Å².